The molecule has 3 rings (SSSR count). The number of H-pyrrole nitrogens is 1. The van der Waals surface area contributed by atoms with Gasteiger partial charge in [-0.25, -0.2) is 13.6 Å². The summed E-state index contributed by atoms with van der Waals surface area (Å²) in [5, 5.41) is 5.68. The number of rotatable bonds is 13. The molecule has 0 aliphatic carbocycles. The Morgan fingerprint density at radius 1 is 1.03 bits per heavy atom. The van der Waals surface area contributed by atoms with E-state index < -0.39 is 10.0 Å². The summed E-state index contributed by atoms with van der Waals surface area (Å²) in [4.78, 5) is 19.9. The summed E-state index contributed by atoms with van der Waals surface area (Å²) >= 11 is 0. The van der Waals surface area contributed by atoms with Crippen LogP contribution in [0.5, 0.6) is 11.5 Å². The van der Waals surface area contributed by atoms with Gasteiger partial charge >= 0.3 is 0 Å². The van der Waals surface area contributed by atoms with E-state index >= 15 is 0 Å². The van der Waals surface area contributed by atoms with Crippen molar-refractivity contribution in [3.63, 3.8) is 0 Å². The van der Waals surface area contributed by atoms with Crippen molar-refractivity contribution < 1.29 is 17.9 Å². The standard InChI is InChI=1S/C27H36N4O4S/c1-4-6-15-31(16-7-5-2)24-17-22(27(32)30(3)20-21-13-14-29-19-21)18-25(36(28,33)34)26(24)35-23-11-9-8-10-12-23/h8-14,17-19,29H,4-7,15-16,20H2,1-3H3,(H2,28,33,34). The molecule has 0 radical (unpaired) electrons. The number of benzene rings is 2. The zero-order chi connectivity index (χ0) is 26.1. The van der Waals surface area contributed by atoms with E-state index in [9.17, 15) is 13.2 Å². The summed E-state index contributed by atoms with van der Waals surface area (Å²) in [6, 6.07) is 13.9. The van der Waals surface area contributed by atoms with E-state index in [0.29, 0.717) is 31.1 Å². The average molecular weight is 513 g/mol. The number of amides is 1. The molecule has 0 unspecified atom stereocenters. The number of carbonyl (C=O) groups excluding carboxylic acids is 1. The third-order valence-electron chi connectivity index (χ3n) is 5.88. The smallest absolute Gasteiger partial charge is 0.254 e. The van der Waals surface area contributed by atoms with Gasteiger partial charge in [-0.1, -0.05) is 44.9 Å². The molecule has 1 heterocycles. The van der Waals surface area contributed by atoms with Gasteiger partial charge in [-0.3, -0.25) is 4.79 Å². The topological polar surface area (TPSA) is 109 Å². The van der Waals surface area contributed by atoms with E-state index in [2.05, 4.69) is 23.7 Å². The van der Waals surface area contributed by atoms with Gasteiger partial charge in [0.2, 0.25) is 10.0 Å². The third-order valence-corrected chi connectivity index (χ3v) is 6.80. The second kappa shape index (κ2) is 12.6. The molecule has 9 heteroatoms. The van der Waals surface area contributed by atoms with Crippen LogP contribution in [0.4, 0.5) is 5.69 Å². The minimum Gasteiger partial charge on any atom is -0.454 e. The molecule has 0 saturated carbocycles. The van der Waals surface area contributed by atoms with Crippen molar-refractivity contribution in [2.24, 2.45) is 5.14 Å². The van der Waals surface area contributed by atoms with E-state index in [-0.39, 0.29) is 22.1 Å². The molecule has 0 fully saturated rings. The number of aromatic nitrogens is 1. The highest BCUT2D eigenvalue weighted by atomic mass is 32.2. The SMILES string of the molecule is CCCCN(CCCC)c1cc(C(=O)N(C)Cc2cc[nH]c2)cc(S(N)(=O)=O)c1Oc1ccccc1. The highest BCUT2D eigenvalue weighted by Crippen LogP contribution is 2.40. The van der Waals surface area contributed by atoms with Crippen LogP contribution in [0.15, 0.2) is 65.8 Å². The number of sulfonamides is 1. The Kier molecular flexibility index (Phi) is 9.55. The van der Waals surface area contributed by atoms with Crippen LogP contribution in [0.3, 0.4) is 0 Å². The fourth-order valence-electron chi connectivity index (χ4n) is 3.94. The van der Waals surface area contributed by atoms with Gasteiger partial charge in [-0.15, -0.1) is 0 Å². The summed E-state index contributed by atoms with van der Waals surface area (Å²) in [6.45, 7) is 5.97. The van der Waals surface area contributed by atoms with Crippen molar-refractivity contribution in [1.29, 1.82) is 0 Å². The fourth-order valence-corrected chi connectivity index (χ4v) is 4.64. The molecule has 36 heavy (non-hydrogen) atoms. The third kappa shape index (κ3) is 7.11. The lowest BCUT2D eigenvalue weighted by Crippen LogP contribution is -2.29. The number of para-hydroxylation sites is 1. The maximum Gasteiger partial charge on any atom is 0.254 e. The molecule has 8 nitrogen and oxygen atoms in total. The molecule has 3 N–H and O–H groups in total. The summed E-state index contributed by atoms with van der Waals surface area (Å²) in [5.41, 5.74) is 1.73. The van der Waals surface area contributed by atoms with Crippen LogP contribution in [0, 0.1) is 0 Å². The molecule has 0 bridgehead atoms. The van der Waals surface area contributed by atoms with Crippen LogP contribution >= 0.6 is 0 Å². The minimum absolute atomic E-state index is 0.140. The van der Waals surface area contributed by atoms with Crippen molar-refractivity contribution in [2.45, 2.75) is 51.0 Å². The molecular formula is C27H36N4O4S. The first kappa shape index (κ1) is 27.3. The number of unbranched alkanes of at least 4 members (excludes halogenated alkanes) is 2. The highest BCUT2D eigenvalue weighted by Gasteiger charge is 2.27. The van der Waals surface area contributed by atoms with Crippen molar-refractivity contribution in [3.05, 3.63) is 72.1 Å². The van der Waals surface area contributed by atoms with Gasteiger partial charge in [0.25, 0.3) is 5.91 Å². The number of hydrogen-bond donors (Lipinski definition) is 2. The Hall–Kier alpha value is -3.30. The first-order valence-corrected chi connectivity index (χ1v) is 13.8. The molecule has 2 aromatic carbocycles. The Balaban J connectivity index is 2.15. The highest BCUT2D eigenvalue weighted by molar-refractivity contribution is 7.89. The lowest BCUT2D eigenvalue weighted by molar-refractivity contribution is 0.0785. The molecule has 0 spiro atoms. The summed E-state index contributed by atoms with van der Waals surface area (Å²) in [5.74, 6) is 0.318. The number of carbonyl (C=O) groups is 1. The van der Waals surface area contributed by atoms with Gasteiger partial charge in [0.1, 0.15) is 10.6 Å². The lowest BCUT2D eigenvalue weighted by Gasteiger charge is -2.29. The number of anilines is 1. The van der Waals surface area contributed by atoms with E-state index in [4.69, 9.17) is 9.88 Å². The van der Waals surface area contributed by atoms with Gasteiger partial charge < -0.3 is 19.5 Å². The molecule has 194 valence electrons. The number of hydrogen-bond acceptors (Lipinski definition) is 5. The Morgan fingerprint density at radius 3 is 2.25 bits per heavy atom. The zero-order valence-electron chi connectivity index (χ0n) is 21.2. The maximum atomic E-state index is 13.4. The second-order valence-corrected chi connectivity index (χ2v) is 10.4. The predicted octanol–water partition coefficient (Wildman–Crippen LogP) is 5.13. The number of nitrogens with one attached hydrogen (secondary N) is 1. The van der Waals surface area contributed by atoms with E-state index in [1.54, 1.807) is 36.3 Å². The first-order valence-electron chi connectivity index (χ1n) is 12.3. The largest absolute Gasteiger partial charge is 0.454 e. The molecule has 1 aromatic heterocycles. The molecule has 3 aromatic rings. The van der Waals surface area contributed by atoms with E-state index in [1.165, 1.54) is 6.07 Å². The van der Waals surface area contributed by atoms with Crippen molar-refractivity contribution in [3.8, 4) is 11.5 Å². The van der Waals surface area contributed by atoms with Crippen LogP contribution in [0.25, 0.3) is 0 Å². The first-order chi connectivity index (χ1) is 17.2. The Bertz CT molecular complexity index is 1220. The zero-order valence-corrected chi connectivity index (χ0v) is 22.1. The van der Waals surface area contributed by atoms with Gasteiger partial charge in [-0.2, -0.15) is 0 Å². The molecule has 0 aliphatic heterocycles. The molecular weight excluding hydrogens is 476 g/mol. The van der Waals surface area contributed by atoms with Crippen LogP contribution in [-0.4, -0.2) is 44.3 Å². The number of aromatic amines is 1. The monoisotopic (exact) mass is 512 g/mol. The molecule has 0 atom stereocenters. The summed E-state index contributed by atoms with van der Waals surface area (Å²) in [6.07, 6.45) is 7.36. The van der Waals surface area contributed by atoms with Crippen LogP contribution in [0.2, 0.25) is 0 Å². The fraction of sp³-hybridized carbons (Fsp3) is 0.370. The van der Waals surface area contributed by atoms with Gasteiger partial charge in [0.05, 0.1) is 5.69 Å². The minimum atomic E-state index is -4.21. The van der Waals surface area contributed by atoms with Gasteiger partial charge in [0, 0.05) is 44.6 Å². The van der Waals surface area contributed by atoms with E-state index in [1.807, 2.05) is 30.5 Å². The van der Waals surface area contributed by atoms with Crippen LogP contribution < -0.4 is 14.8 Å². The van der Waals surface area contributed by atoms with Crippen LogP contribution in [0.1, 0.15) is 55.5 Å². The van der Waals surface area contributed by atoms with Gasteiger partial charge in [0.15, 0.2) is 5.75 Å². The molecule has 0 saturated heterocycles. The normalized spacial score (nSPS) is 11.3. The molecule has 1 amide bonds. The molecule has 0 aliphatic rings. The van der Waals surface area contributed by atoms with Gasteiger partial charge in [-0.05, 0) is 48.7 Å². The van der Waals surface area contributed by atoms with Crippen molar-refractivity contribution in [2.75, 3.05) is 25.0 Å². The van der Waals surface area contributed by atoms with Crippen molar-refractivity contribution >= 4 is 21.6 Å². The average Bonchev–Trinajstić information content (AvgIpc) is 3.37. The Labute approximate surface area is 214 Å². The van der Waals surface area contributed by atoms with Crippen LogP contribution in [-0.2, 0) is 16.6 Å². The quantitative estimate of drug-likeness (QED) is 0.330. The second-order valence-electron chi connectivity index (χ2n) is 8.86. The van der Waals surface area contributed by atoms with E-state index in [0.717, 1.165) is 31.2 Å². The predicted molar refractivity (Wildman–Crippen MR) is 143 cm³/mol. The van der Waals surface area contributed by atoms with Crippen molar-refractivity contribution in [1.82, 2.24) is 9.88 Å². The summed E-state index contributed by atoms with van der Waals surface area (Å²) < 4.78 is 31.8. The lowest BCUT2D eigenvalue weighted by atomic mass is 10.1. The number of primary sulfonamides is 1. The Morgan fingerprint density at radius 2 is 1.69 bits per heavy atom. The maximum absolute atomic E-state index is 13.4. The number of nitrogens with two attached hydrogens (primary N) is 1. The number of nitrogens with zero attached hydrogens (tertiary/aromatic N) is 2. The number of ether oxygens (including phenoxy) is 1. The summed E-state index contributed by atoms with van der Waals surface area (Å²) in [7, 11) is -2.52.